The van der Waals surface area contributed by atoms with Crippen molar-refractivity contribution in [2.45, 2.75) is 12.8 Å². The molecular weight excluding hydrogens is 380 g/mol. The summed E-state index contributed by atoms with van der Waals surface area (Å²) in [6.45, 7) is 0.634. The molecule has 1 aromatic heterocycles. The van der Waals surface area contributed by atoms with E-state index in [4.69, 9.17) is 14.2 Å². The van der Waals surface area contributed by atoms with E-state index in [1.165, 1.54) is 0 Å². The van der Waals surface area contributed by atoms with Crippen molar-refractivity contribution in [1.29, 1.82) is 0 Å². The Bertz CT molecular complexity index is 984. The van der Waals surface area contributed by atoms with E-state index < -0.39 is 11.9 Å². The zero-order valence-corrected chi connectivity index (χ0v) is 15.8. The summed E-state index contributed by atoms with van der Waals surface area (Å²) in [5.74, 6) is 0.379. The molecule has 8 heteroatoms. The Morgan fingerprint density at radius 1 is 1.11 bits per heavy atom. The molecule has 0 saturated heterocycles. The molecule has 1 N–H and O–H groups in total. The van der Waals surface area contributed by atoms with Crippen molar-refractivity contribution >= 4 is 39.1 Å². The number of fused-ring (bicyclic) bond motifs is 2. The number of amides is 1. The molecule has 0 radical (unpaired) electrons. The van der Waals surface area contributed by atoms with E-state index in [0.29, 0.717) is 36.8 Å². The van der Waals surface area contributed by atoms with Gasteiger partial charge >= 0.3 is 5.97 Å². The first kappa shape index (κ1) is 18.2. The van der Waals surface area contributed by atoms with Crippen LogP contribution in [0.2, 0.25) is 0 Å². The zero-order valence-electron chi connectivity index (χ0n) is 15.0. The SMILES string of the molecule is O=C(COC(=O)CCc1nc2ccccc2s1)Nc1ccc2c(c1)OCCO2. The Morgan fingerprint density at radius 3 is 2.79 bits per heavy atom. The molecular formula is C20H18N2O5S. The number of nitrogens with one attached hydrogen (secondary N) is 1. The number of rotatable bonds is 6. The van der Waals surface area contributed by atoms with E-state index in [1.54, 1.807) is 29.5 Å². The Hall–Kier alpha value is -3.13. The summed E-state index contributed by atoms with van der Waals surface area (Å²) >= 11 is 1.56. The lowest BCUT2D eigenvalue weighted by atomic mass is 10.2. The summed E-state index contributed by atoms with van der Waals surface area (Å²) in [5.41, 5.74) is 1.48. The number of carbonyl (C=O) groups is 2. The summed E-state index contributed by atoms with van der Waals surface area (Å²) in [7, 11) is 0. The van der Waals surface area contributed by atoms with Crippen LogP contribution in [0.1, 0.15) is 11.4 Å². The van der Waals surface area contributed by atoms with Crippen LogP contribution in [0.5, 0.6) is 11.5 Å². The van der Waals surface area contributed by atoms with Gasteiger partial charge in [0.2, 0.25) is 0 Å². The third-order valence-electron chi connectivity index (χ3n) is 4.07. The second kappa shape index (κ2) is 8.26. The average molecular weight is 398 g/mol. The highest BCUT2D eigenvalue weighted by Crippen LogP contribution is 2.32. The number of benzene rings is 2. The van der Waals surface area contributed by atoms with Crippen LogP contribution in [-0.2, 0) is 20.7 Å². The van der Waals surface area contributed by atoms with Gasteiger partial charge in [0.15, 0.2) is 18.1 Å². The molecule has 0 saturated carbocycles. The largest absolute Gasteiger partial charge is 0.486 e. The number of esters is 1. The van der Waals surface area contributed by atoms with E-state index in [0.717, 1.165) is 15.2 Å². The predicted octanol–water partition coefficient (Wildman–Crippen LogP) is 3.18. The van der Waals surface area contributed by atoms with Gasteiger partial charge in [-0.1, -0.05) is 12.1 Å². The molecule has 1 aliphatic heterocycles. The second-order valence-electron chi connectivity index (χ2n) is 6.14. The Balaban J connectivity index is 1.23. The first-order valence-corrected chi connectivity index (χ1v) is 9.68. The molecule has 4 rings (SSSR count). The maximum Gasteiger partial charge on any atom is 0.306 e. The number of hydrogen-bond donors (Lipinski definition) is 1. The van der Waals surface area contributed by atoms with Crippen LogP contribution in [-0.4, -0.2) is 36.7 Å². The summed E-state index contributed by atoms with van der Waals surface area (Å²) in [5, 5.41) is 3.55. The number of aryl methyl sites for hydroxylation is 1. The molecule has 0 atom stereocenters. The molecule has 0 unspecified atom stereocenters. The van der Waals surface area contributed by atoms with Gasteiger partial charge in [-0.05, 0) is 24.3 Å². The maximum absolute atomic E-state index is 12.0. The number of nitrogens with zero attached hydrogens (tertiary/aromatic N) is 1. The van der Waals surface area contributed by atoms with Crippen LogP contribution in [0.4, 0.5) is 5.69 Å². The summed E-state index contributed by atoms with van der Waals surface area (Å²) in [6.07, 6.45) is 0.666. The minimum Gasteiger partial charge on any atom is -0.486 e. The van der Waals surface area contributed by atoms with Gasteiger partial charge in [-0.2, -0.15) is 0 Å². The molecule has 0 spiro atoms. The minimum absolute atomic E-state index is 0.178. The van der Waals surface area contributed by atoms with Gasteiger partial charge in [0.1, 0.15) is 13.2 Å². The molecule has 7 nitrogen and oxygen atoms in total. The third-order valence-corrected chi connectivity index (χ3v) is 5.17. The first-order valence-electron chi connectivity index (χ1n) is 8.87. The Kier molecular flexibility index (Phi) is 5.38. The van der Waals surface area contributed by atoms with Crippen molar-refractivity contribution in [3.63, 3.8) is 0 Å². The number of ether oxygens (including phenoxy) is 3. The molecule has 0 bridgehead atoms. The molecule has 2 heterocycles. The smallest absolute Gasteiger partial charge is 0.306 e. The number of aromatic nitrogens is 1. The average Bonchev–Trinajstić information content (AvgIpc) is 3.14. The van der Waals surface area contributed by atoms with Crippen LogP contribution in [0.25, 0.3) is 10.2 Å². The summed E-state index contributed by atoms with van der Waals surface area (Å²) < 4.78 is 17.0. The van der Waals surface area contributed by atoms with Crippen LogP contribution in [0.3, 0.4) is 0 Å². The van der Waals surface area contributed by atoms with Gasteiger partial charge < -0.3 is 19.5 Å². The Labute approximate surface area is 165 Å². The van der Waals surface area contributed by atoms with Gasteiger partial charge in [-0.25, -0.2) is 4.98 Å². The lowest BCUT2D eigenvalue weighted by Gasteiger charge is -2.19. The van der Waals surface area contributed by atoms with Crippen LogP contribution < -0.4 is 14.8 Å². The molecule has 1 amide bonds. The maximum atomic E-state index is 12.0. The summed E-state index contributed by atoms with van der Waals surface area (Å²) in [6, 6.07) is 12.9. The predicted molar refractivity (Wildman–Crippen MR) is 105 cm³/mol. The lowest BCUT2D eigenvalue weighted by molar-refractivity contribution is -0.147. The van der Waals surface area contributed by atoms with Crippen molar-refractivity contribution in [2.75, 3.05) is 25.1 Å². The highest BCUT2D eigenvalue weighted by atomic mass is 32.1. The molecule has 28 heavy (non-hydrogen) atoms. The van der Waals surface area contributed by atoms with Crippen molar-refractivity contribution in [1.82, 2.24) is 4.98 Å². The number of carbonyl (C=O) groups excluding carboxylic acids is 2. The number of para-hydroxylation sites is 1. The van der Waals surface area contributed by atoms with Gasteiger partial charge in [0.25, 0.3) is 5.91 Å². The van der Waals surface area contributed by atoms with Crippen molar-refractivity contribution in [2.24, 2.45) is 0 Å². The molecule has 2 aromatic carbocycles. The van der Waals surface area contributed by atoms with Crippen LogP contribution in [0, 0.1) is 0 Å². The second-order valence-corrected chi connectivity index (χ2v) is 7.26. The topological polar surface area (TPSA) is 86.8 Å². The van der Waals surface area contributed by atoms with E-state index in [9.17, 15) is 9.59 Å². The highest BCUT2D eigenvalue weighted by molar-refractivity contribution is 7.18. The molecule has 3 aromatic rings. The quantitative estimate of drug-likeness (QED) is 0.642. The standard InChI is InChI=1S/C20H18N2O5S/c23-18(21-13-5-6-15-16(11-13)26-10-9-25-15)12-27-20(24)8-7-19-22-14-3-1-2-4-17(14)28-19/h1-6,11H,7-10,12H2,(H,21,23). The number of thiazole rings is 1. The van der Waals surface area contributed by atoms with Crippen molar-refractivity contribution in [3.05, 3.63) is 47.5 Å². The van der Waals surface area contributed by atoms with E-state index in [2.05, 4.69) is 10.3 Å². The minimum atomic E-state index is -0.434. The summed E-state index contributed by atoms with van der Waals surface area (Å²) in [4.78, 5) is 28.4. The molecule has 144 valence electrons. The first-order chi connectivity index (χ1) is 13.7. The van der Waals surface area contributed by atoms with E-state index in [1.807, 2.05) is 24.3 Å². The van der Waals surface area contributed by atoms with Gasteiger partial charge in [0.05, 0.1) is 21.6 Å². The number of hydrogen-bond acceptors (Lipinski definition) is 7. The van der Waals surface area contributed by atoms with E-state index >= 15 is 0 Å². The van der Waals surface area contributed by atoms with Crippen LogP contribution >= 0.6 is 11.3 Å². The van der Waals surface area contributed by atoms with Crippen molar-refractivity contribution in [3.8, 4) is 11.5 Å². The van der Waals surface area contributed by atoms with Gasteiger partial charge in [-0.15, -0.1) is 11.3 Å². The fraction of sp³-hybridized carbons (Fsp3) is 0.250. The van der Waals surface area contributed by atoms with Gasteiger partial charge in [-0.3, -0.25) is 9.59 Å². The normalized spacial score (nSPS) is 12.6. The number of anilines is 1. The fourth-order valence-electron chi connectivity index (χ4n) is 2.77. The monoisotopic (exact) mass is 398 g/mol. The molecule has 0 aliphatic carbocycles. The Morgan fingerprint density at radius 2 is 1.93 bits per heavy atom. The zero-order chi connectivity index (χ0) is 19.3. The fourth-order valence-corrected chi connectivity index (χ4v) is 3.74. The lowest BCUT2D eigenvalue weighted by Crippen LogP contribution is -2.21. The molecule has 0 fully saturated rings. The van der Waals surface area contributed by atoms with Crippen molar-refractivity contribution < 1.29 is 23.8 Å². The molecule has 1 aliphatic rings. The highest BCUT2D eigenvalue weighted by Gasteiger charge is 2.14. The third kappa shape index (κ3) is 4.40. The van der Waals surface area contributed by atoms with Gasteiger partial charge in [0, 0.05) is 18.2 Å². The van der Waals surface area contributed by atoms with Crippen LogP contribution in [0.15, 0.2) is 42.5 Å². The van der Waals surface area contributed by atoms with E-state index in [-0.39, 0.29) is 13.0 Å².